The van der Waals surface area contributed by atoms with E-state index in [0.717, 1.165) is 50.5 Å². The van der Waals surface area contributed by atoms with E-state index < -0.39 is 0 Å². The minimum absolute atomic E-state index is 0.854. The Kier molecular flexibility index (Phi) is 4.23. The van der Waals surface area contributed by atoms with Crippen LogP contribution in [0.2, 0.25) is 0 Å². The predicted molar refractivity (Wildman–Crippen MR) is 93.6 cm³/mol. The fourth-order valence-electron chi connectivity index (χ4n) is 3.32. The van der Waals surface area contributed by atoms with Gasteiger partial charge in [0.05, 0.1) is 0 Å². The van der Waals surface area contributed by atoms with Crippen LogP contribution in [0.5, 0.6) is 0 Å². The average Bonchev–Trinajstić information content (AvgIpc) is 3.12. The molecule has 6 nitrogen and oxygen atoms in total. The molecular weight excluding hydrogens is 300 g/mol. The maximum absolute atomic E-state index is 4.21. The second-order valence-corrected chi connectivity index (χ2v) is 6.28. The number of piperazine rings is 1. The van der Waals surface area contributed by atoms with Gasteiger partial charge in [0.15, 0.2) is 5.65 Å². The summed E-state index contributed by atoms with van der Waals surface area (Å²) in [5.41, 5.74) is 4.38. The van der Waals surface area contributed by atoms with Crippen molar-refractivity contribution in [2.45, 2.75) is 13.5 Å². The standard InChI is InChI=1S/C18H22N6/c1-2-22-8-10-23(11-9-22)13-17-12-16(15-6-4-3-5-7-15)14-24-18(17)19-20-21-24/h3-7,12,14H,2,8-11,13H2,1H3. The van der Waals surface area contributed by atoms with Crippen molar-refractivity contribution in [1.29, 1.82) is 0 Å². The first-order chi connectivity index (χ1) is 11.8. The van der Waals surface area contributed by atoms with Crippen LogP contribution < -0.4 is 0 Å². The fourth-order valence-corrected chi connectivity index (χ4v) is 3.32. The van der Waals surface area contributed by atoms with Gasteiger partial charge in [-0.25, -0.2) is 0 Å². The molecule has 0 spiro atoms. The second-order valence-electron chi connectivity index (χ2n) is 6.28. The van der Waals surface area contributed by atoms with Crippen LogP contribution in [-0.4, -0.2) is 62.6 Å². The Morgan fingerprint density at radius 3 is 2.46 bits per heavy atom. The number of nitrogens with zero attached hydrogens (tertiary/aromatic N) is 6. The maximum atomic E-state index is 4.21. The normalized spacial score (nSPS) is 16.7. The molecule has 0 atom stereocenters. The summed E-state index contributed by atoms with van der Waals surface area (Å²) >= 11 is 0. The summed E-state index contributed by atoms with van der Waals surface area (Å²) in [5.74, 6) is 0. The van der Waals surface area contributed by atoms with Crippen molar-refractivity contribution in [2.24, 2.45) is 0 Å². The lowest BCUT2D eigenvalue weighted by atomic mass is 10.1. The number of pyridine rings is 1. The lowest BCUT2D eigenvalue weighted by molar-refractivity contribution is 0.132. The van der Waals surface area contributed by atoms with Gasteiger partial charge >= 0.3 is 0 Å². The van der Waals surface area contributed by atoms with Gasteiger partial charge in [-0.05, 0) is 28.6 Å². The van der Waals surface area contributed by atoms with Gasteiger partial charge in [-0.15, -0.1) is 5.10 Å². The lowest BCUT2D eigenvalue weighted by Gasteiger charge is -2.34. The highest BCUT2D eigenvalue weighted by Gasteiger charge is 2.18. The SMILES string of the molecule is CCN1CCN(Cc2cc(-c3ccccc3)cn3nnnc23)CC1. The van der Waals surface area contributed by atoms with Crippen molar-refractivity contribution in [3.05, 3.63) is 48.2 Å². The Morgan fingerprint density at radius 2 is 1.71 bits per heavy atom. The molecule has 0 radical (unpaired) electrons. The van der Waals surface area contributed by atoms with Gasteiger partial charge in [-0.1, -0.05) is 37.3 Å². The third-order valence-electron chi connectivity index (χ3n) is 4.78. The highest BCUT2D eigenvalue weighted by molar-refractivity contribution is 5.66. The molecular formula is C18H22N6. The molecule has 1 saturated heterocycles. The number of hydrogen-bond acceptors (Lipinski definition) is 5. The number of aromatic nitrogens is 4. The molecule has 3 aromatic rings. The average molecular weight is 322 g/mol. The van der Waals surface area contributed by atoms with Crippen molar-refractivity contribution in [3.63, 3.8) is 0 Å². The molecule has 1 fully saturated rings. The van der Waals surface area contributed by atoms with Crippen LogP contribution in [0, 0.1) is 0 Å². The molecule has 0 amide bonds. The van der Waals surface area contributed by atoms with E-state index in [0.29, 0.717) is 0 Å². The minimum atomic E-state index is 0.854. The Hall–Kier alpha value is -2.31. The van der Waals surface area contributed by atoms with Crippen molar-refractivity contribution < 1.29 is 0 Å². The number of likely N-dealkylation sites (N-methyl/N-ethyl adjacent to an activating group) is 1. The molecule has 6 heteroatoms. The Morgan fingerprint density at radius 1 is 0.958 bits per heavy atom. The molecule has 1 aliphatic rings. The molecule has 3 heterocycles. The monoisotopic (exact) mass is 322 g/mol. The molecule has 24 heavy (non-hydrogen) atoms. The lowest BCUT2D eigenvalue weighted by Crippen LogP contribution is -2.45. The zero-order chi connectivity index (χ0) is 16.4. The summed E-state index contributed by atoms with van der Waals surface area (Å²) in [5, 5.41) is 12.2. The summed E-state index contributed by atoms with van der Waals surface area (Å²) < 4.78 is 1.79. The van der Waals surface area contributed by atoms with Crippen LogP contribution in [-0.2, 0) is 6.54 Å². The Balaban J connectivity index is 1.63. The van der Waals surface area contributed by atoms with Gasteiger partial charge in [0.25, 0.3) is 0 Å². The number of hydrogen-bond donors (Lipinski definition) is 0. The smallest absolute Gasteiger partial charge is 0.183 e. The molecule has 2 aromatic heterocycles. The fraction of sp³-hybridized carbons (Fsp3) is 0.389. The number of rotatable bonds is 4. The Labute approximate surface area is 141 Å². The van der Waals surface area contributed by atoms with E-state index in [9.17, 15) is 0 Å². The van der Waals surface area contributed by atoms with E-state index in [1.165, 1.54) is 11.1 Å². The molecule has 124 valence electrons. The Bertz CT molecular complexity index is 805. The van der Waals surface area contributed by atoms with Gasteiger partial charge in [-0.2, -0.15) is 4.52 Å². The minimum Gasteiger partial charge on any atom is -0.301 e. The summed E-state index contributed by atoms with van der Waals surface area (Å²) in [4.78, 5) is 4.98. The molecule has 1 aromatic carbocycles. The molecule has 0 N–H and O–H groups in total. The van der Waals surface area contributed by atoms with Gasteiger partial charge in [-0.3, -0.25) is 4.90 Å². The van der Waals surface area contributed by atoms with Crippen molar-refractivity contribution >= 4 is 5.65 Å². The maximum Gasteiger partial charge on any atom is 0.183 e. The molecule has 0 bridgehead atoms. The van der Waals surface area contributed by atoms with Crippen molar-refractivity contribution in [2.75, 3.05) is 32.7 Å². The van der Waals surface area contributed by atoms with Gasteiger partial charge in [0.2, 0.25) is 0 Å². The van der Waals surface area contributed by atoms with E-state index in [-0.39, 0.29) is 0 Å². The van der Waals surface area contributed by atoms with Gasteiger partial charge < -0.3 is 4.90 Å². The summed E-state index contributed by atoms with van der Waals surface area (Å²) in [7, 11) is 0. The number of fused-ring (bicyclic) bond motifs is 1. The van der Waals surface area contributed by atoms with Crippen LogP contribution in [0.3, 0.4) is 0 Å². The third-order valence-corrected chi connectivity index (χ3v) is 4.78. The van der Waals surface area contributed by atoms with Crippen LogP contribution >= 0.6 is 0 Å². The first kappa shape index (κ1) is 15.2. The highest BCUT2D eigenvalue weighted by Crippen LogP contribution is 2.23. The molecule has 1 aliphatic heterocycles. The molecule has 4 rings (SSSR count). The summed E-state index contributed by atoms with van der Waals surface area (Å²) in [6.45, 7) is 8.71. The van der Waals surface area contributed by atoms with Gasteiger partial charge in [0.1, 0.15) is 0 Å². The predicted octanol–water partition coefficient (Wildman–Crippen LogP) is 1.93. The highest BCUT2D eigenvalue weighted by atomic mass is 15.5. The van der Waals surface area contributed by atoms with E-state index in [4.69, 9.17) is 0 Å². The zero-order valence-electron chi connectivity index (χ0n) is 14.0. The van der Waals surface area contributed by atoms with Crippen molar-refractivity contribution in [1.82, 2.24) is 29.8 Å². The van der Waals surface area contributed by atoms with E-state index in [1.807, 2.05) is 12.3 Å². The first-order valence-corrected chi connectivity index (χ1v) is 8.54. The van der Waals surface area contributed by atoms with E-state index in [1.54, 1.807) is 4.52 Å². The molecule has 0 unspecified atom stereocenters. The third kappa shape index (κ3) is 3.02. The van der Waals surface area contributed by atoms with E-state index in [2.05, 4.69) is 62.6 Å². The zero-order valence-corrected chi connectivity index (χ0v) is 14.0. The first-order valence-electron chi connectivity index (χ1n) is 8.54. The van der Waals surface area contributed by atoms with Crippen molar-refractivity contribution in [3.8, 4) is 11.1 Å². The molecule has 0 aliphatic carbocycles. The van der Waals surface area contributed by atoms with Crippen LogP contribution in [0.15, 0.2) is 42.6 Å². The van der Waals surface area contributed by atoms with Crippen LogP contribution in [0.4, 0.5) is 0 Å². The topological polar surface area (TPSA) is 49.6 Å². The summed E-state index contributed by atoms with van der Waals surface area (Å²) in [6.07, 6.45) is 2.00. The van der Waals surface area contributed by atoms with Crippen LogP contribution in [0.1, 0.15) is 12.5 Å². The van der Waals surface area contributed by atoms with Crippen LogP contribution in [0.25, 0.3) is 16.8 Å². The summed E-state index contributed by atoms with van der Waals surface area (Å²) in [6, 6.07) is 12.6. The largest absolute Gasteiger partial charge is 0.301 e. The van der Waals surface area contributed by atoms with Gasteiger partial charge in [0, 0.05) is 50.0 Å². The number of benzene rings is 1. The molecule has 0 saturated carbocycles. The van der Waals surface area contributed by atoms with E-state index >= 15 is 0 Å². The second kappa shape index (κ2) is 6.67. The number of tetrazole rings is 1. The quantitative estimate of drug-likeness (QED) is 0.734.